The van der Waals surface area contributed by atoms with Crippen molar-refractivity contribution >= 4 is 16.6 Å². The van der Waals surface area contributed by atoms with Crippen molar-refractivity contribution in [1.29, 1.82) is 0 Å². The molecule has 0 radical (unpaired) electrons. The third-order valence-corrected chi connectivity index (χ3v) is 3.28. The Morgan fingerprint density at radius 1 is 1.40 bits per heavy atom. The number of benzene rings is 1. The van der Waals surface area contributed by atoms with E-state index in [1.165, 1.54) is 30.3 Å². The summed E-state index contributed by atoms with van der Waals surface area (Å²) in [4.78, 5) is 0. The fourth-order valence-electron chi connectivity index (χ4n) is 2.07. The van der Waals surface area contributed by atoms with Crippen LogP contribution in [-0.2, 0) is 0 Å². The predicted molar refractivity (Wildman–Crippen MR) is 61.9 cm³/mol. The molecule has 1 fully saturated rings. The molecule has 78 valence electrons. The van der Waals surface area contributed by atoms with Crippen molar-refractivity contribution in [3.8, 4) is 0 Å². The summed E-state index contributed by atoms with van der Waals surface area (Å²) < 4.78 is 0. The van der Waals surface area contributed by atoms with Gasteiger partial charge in [0.25, 0.3) is 0 Å². The lowest BCUT2D eigenvalue weighted by atomic mass is 9.85. The number of nitrogens with zero attached hydrogens (tertiary/aromatic N) is 1. The molecule has 3 heteroatoms. The van der Waals surface area contributed by atoms with Gasteiger partial charge in [-0.2, -0.15) is 5.10 Å². The lowest BCUT2D eigenvalue weighted by molar-refractivity contribution is 0.333. The number of hydrogen-bond acceptors (Lipinski definition) is 2. The van der Waals surface area contributed by atoms with E-state index in [-0.39, 0.29) is 0 Å². The largest absolute Gasteiger partial charge is 0.383 e. The van der Waals surface area contributed by atoms with Crippen LogP contribution in [0, 0.1) is 5.92 Å². The molecule has 1 saturated carbocycles. The first-order valence-electron chi connectivity index (χ1n) is 5.59. The van der Waals surface area contributed by atoms with Crippen LogP contribution in [0.25, 0.3) is 10.9 Å². The summed E-state index contributed by atoms with van der Waals surface area (Å²) in [6.45, 7) is 1.10. The highest BCUT2D eigenvalue weighted by Crippen LogP contribution is 2.27. The molecule has 1 aromatic carbocycles. The quantitative estimate of drug-likeness (QED) is 0.801. The van der Waals surface area contributed by atoms with Gasteiger partial charge in [-0.05, 0) is 24.8 Å². The predicted octanol–water partition coefficient (Wildman–Crippen LogP) is 2.77. The summed E-state index contributed by atoms with van der Waals surface area (Å²) in [5.41, 5.74) is 2.30. The third kappa shape index (κ3) is 1.58. The van der Waals surface area contributed by atoms with Gasteiger partial charge in [-0.3, -0.25) is 5.10 Å². The molecule has 0 saturated heterocycles. The number of H-pyrrole nitrogens is 1. The maximum atomic E-state index is 4.06. The fraction of sp³-hybridized carbons (Fsp3) is 0.417. The van der Waals surface area contributed by atoms with E-state index in [0.29, 0.717) is 0 Å². The van der Waals surface area contributed by atoms with Crippen LogP contribution in [0.4, 0.5) is 5.69 Å². The molecule has 1 aromatic heterocycles. The second-order valence-corrected chi connectivity index (χ2v) is 4.32. The maximum Gasteiger partial charge on any atom is 0.0881 e. The van der Waals surface area contributed by atoms with Crippen LogP contribution >= 0.6 is 0 Å². The monoisotopic (exact) mass is 201 g/mol. The smallest absolute Gasteiger partial charge is 0.0881 e. The van der Waals surface area contributed by atoms with Crippen LogP contribution in [-0.4, -0.2) is 16.7 Å². The molecule has 3 rings (SSSR count). The molecular formula is C12H15N3. The molecule has 15 heavy (non-hydrogen) atoms. The highest BCUT2D eigenvalue weighted by atomic mass is 15.1. The van der Waals surface area contributed by atoms with Gasteiger partial charge in [0.05, 0.1) is 17.4 Å². The standard InChI is InChI=1S/C12H15N3/c1-3-9(4-1)7-13-11-6-2-5-10-8-14-15-12(10)11/h2,5-6,8-9,13H,1,3-4,7H2,(H,14,15). The number of fused-ring (bicyclic) bond motifs is 1. The van der Waals surface area contributed by atoms with E-state index in [4.69, 9.17) is 0 Å². The van der Waals surface area contributed by atoms with Crippen molar-refractivity contribution in [2.75, 3.05) is 11.9 Å². The van der Waals surface area contributed by atoms with E-state index in [1.807, 2.05) is 6.20 Å². The first kappa shape index (κ1) is 8.77. The summed E-state index contributed by atoms with van der Waals surface area (Å²) in [5, 5.41) is 11.8. The fourth-order valence-corrected chi connectivity index (χ4v) is 2.07. The van der Waals surface area contributed by atoms with Crippen LogP contribution in [0.2, 0.25) is 0 Å². The van der Waals surface area contributed by atoms with E-state index >= 15 is 0 Å². The molecule has 2 aromatic rings. The van der Waals surface area contributed by atoms with Gasteiger partial charge in [0.2, 0.25) is 0 Å². The van der Waals surface area contributed by atoms with Gasteiger partial charge in [-0.15, -0.1) is 0 Å². The molecule has 1 aliphatic rings. The van der Waals surface area contributed by atoms with E-state index in [0.717, 1.165) is 18.0 Å². The number of para-hydroxylation sites is 1. The van der Waals surface area contributed by atoms with Gasteiger partial charge >= 0.3 is 0 Å². The number of hydrogen-bond donors (Lipinski definition) is 2. The van der Waals surface area contributed by atoms with E-state index in [1.54, 1.807) is 0 Å². The van der Waals surface area contributed by atoms with E-state index in [2.05, 4.69) is 33.7 Å². The van der Waals surface area contributed by atoms with Gasteiger partial charge in [-0.1, -0.05) is 18.6 Å². The molecule has 1 heterocycles. The van der Waals surface area contributed by atoms with Crippen molar-refractivity contribution in [3.05, 3.63) is 24.4 Å². The Balaban J connectivity index is 1.80. The first-order valence-corrected chi connectivity index (χ1v) is 5.59. The average Bonchev–Trinajstić information content (AvgIpc) is 2.63. The lowest BCUT2D eigenvalue weighted by Gasteiger charge is -2.25. The summed E-state index contributed by atoms with van der Waals surface area (Å²) in [5.74, 6) is 0.878. The number of anilines is 1. The summed E-state index contributed by atoms with van der Waals surface area (Å²) in [7, 11) is 0. The van der Waals surface area contributed by atoms with Crippen molar-refractivity contribution < 1.29 is 0 Å². The number of nitrogens with one attached hydrogen (secondary N) is 2. The lowest BCUT2D eigenvalue weighted by Crippen LogP contribution is -2.20. The SMILES string of the molecule is c1cc(NCC2CCC2)c2[nH]ncc2c1. The average molecular weight is 201 g/mol. The second kappa shape index (κ2) is 3.57. The summed E-state index contributed by atoms with van der Waals surface area (Å²) in [6.07, 6.45) is 6.03. The normalized spacial score (nSPS) is 16.5. The van der Waals surface area contributed by atoms with Crippen molar-refractivity contribution in [2.45, 2.75) is 19.3 Å². The van der Waals surface area contributed by atoms with Crippen LogP contribution in [0.1, 0.15) is 19.3 Å². The molecule has 0 aliphatic heterocycles. The molecule has 0 spiro atoms. The van der Waals surface area contributed by atoms with E-state index in [9.17, 15) is 0 Å². The number of aromatic nitrogens is 2. The molecule has 0 unspecified atom stereocenters. The Hall–Kier alpha value is -1.51. The molecule has 2 N–H and O–H groups in total. The number of aromatic amines is 1. The summed E-state index contributed by atoms with van der Waals surface area (Å²) in [6, 6.07) is 6.26. The van der Waals surface area contributed by atoms with Gasteiger partial charge < -0.3 is 5.32 Å². The topological polar surface area (TPSA) is 40.7 Å². The van der Waals surface area contributed by atoms with Crippen molar-refractivity contribution in [3.63, 3.8) is 0 Å². The Morgan fingerprint density at radius 3 is 3.13 bits per heavy atom. The maximum absolute atomic E-state index is 4.06. The molecule has 0 bridgehead atoms. The molecule has 0 atom stereocenters. The van der Waals surface area contributed by atoms with Crippen molar-refractivity contribution in [2.24, 2.45) is 5.92 Å². The third-order valence-electron chi connectivity index (χ3n) is 3.28. The first-order chi connectivity index (χ1) is 7.43. The van der Waals surface area contributed by atoms with Gasteiger partial charge in [0.1, 0.15) is 0 Å². The highest BCUT2D eigenvalue weighted by Gasteiger charge is 2.17. The number of rotatable bonds is 3. The Labute approximate surface area is 88.9 Å². The van der Waals surface area contributed by atoms with Gasteiger partial charge in [0.15, 0.2) is 0 Å². The second-order valence-electron chi connectivity index (χ2n) is 4.32. The zero-order valence-electron chi connectivity index (χ0n) is 8.66. The van der Waals surface area contributed by atoms with Gasteiger partial charge in [-0.25, -0.2) is 0 Å². The minimum absolute atomic E-state index is 0.878. The van der Waals surface area contributed by atoms with E-state index < -0.39 is 0 Å². The summed E-state index contributed by atoms with van der Waals surface area (Å²) >= 11 is 0. The molecule has 1 aliphatic carbocycles. The minimum Gasteiger partial charge on any atom is -0.383 e. The highest BCUT2D eigenvalue weighted by molar-refractivity contribution is 5.89. The Kier molecular flexibility index (Phi) is 2.09. The Morgan fingerprint density at radius 2 is 2.33 bits per heavy atom. The zero-order valence-corrected chi connectivity index (χ0v) is 8.66. The Bertz CT molecular complexity index is 457. The molecule has 0 amide bonds. The van der Waals surface area contributed by atoms with Crippen LogP contribution < -0.4 is 5.32 Å². The van der Waals surface area contributed by atoms with Gasteiger partial charge in [0, 0.05) is 11.9 Å². The van der Waals surface area contributed by atoms with Crippen molar-refractivity contribution in [1.82, 2.24) is 10.2 Å². The van der Waals surface area contributed by atoms with Crippen LogP contribution in [0.5, 0.6) is 0 Å². The molecular weight excluding hydrogens is 186 g/mol. The minimum atomic E-state index is 0.878. The zero-order chi connectivity index (χ0) is 10.1. The van der Waals surface area contributed by atoms with Crippen LogP contribution in [0.3, 0.4) is 0 Å². The molecule has 3 nitrogen and oxygen atoms in total. The van der Waals surface area contributed by atoms with Crippen LogP contribution in [0.15, 0.2) is 24.4 Å².